The predicted octanol–water partition coefficient (Wildman–Crippen LogP) is 1.13. The Hall–Kier alpha value is -3.16. The van der Waals surface area contributed by atoms with Crippen LogP contribution in [0.25, 0.3) is 0 Å². The first-order valence-corrected chi connectivity index (χ1v) is 10.1. The molecule has 0 radical (unpaired) electrons. The molecule has 5 rings (SSSR count). The van der Waals surface area contributed by atoms with Crippen LogP contribution in [0.3, 0.4) is 0 Å². The molecule has 0 aliphatic carbocycles. The molecule has 1 saturated heterocycles. The monoisotopic (exact) mass is 393 g/mol. The molecule has 2 N–H and O–H groups in total. The normalized spacial score (nSPS) is 20.4. The van der Waals surface area contributed by atoms with Crippen LogP contribution in [0.4, 0.5) is 5.95 Å². The second kappa shape index (κ2) is 7.02. The lowest BCUT2D eigenvalue weighted by Crippen LogP contribution is -2.41. The van der Waals surface area contributed by atoms with Gasteiger partial charge in [-0.1, -0.05) is 18.2 Å². The van der Waals surface area contributed by atoms with E-state index in [-0.39, 0.29) is 29.8 Å². The standard InChI is InChI=1S/C21H23N5O3/c27-18(11-16-13-5-1-2-6-14(13)19(28)22-16)26-10-7-15-17(12-26)23-21(24-20(15)29)25-8-3-4-9-25/h1-2,5-6,16H,3-4,7-12H2,(H,22,28)(H,23,24,29). The summed E-state index contributed by atoms with van der Waals surface area (Å²) >= 11 is 0. The molecule has 29 heavy (non-hydrogen) atoms. The maximum absolute atomic E-state index is 13.0. The lowest BCUT2D eigenvalue weighted by atomic mass is 10.0. The summed E-state index contributed by atoms with van der Waals surface area (Å²) in [5, 5.41) is 2.90. The van der Waals surface area contributed by atoms with Crippen molar-refractivity contribution in [2.45, 2.75) is 38.3 Å². The van der Waals surface area contributed by atoms with Gasteiger partial charge in [0, 0.05) is 30.8 Å². The van der Waals surface area contributed by atoms with Gasteiger partial charge in [-0.25, -0.2) is 4.98 Å². The van der Waals surface area contributed by atoms with Gasteiger partial charge < -0.3 is 15.1 Å². The lowest BCUT2D eigenvalue weighted by molar-refractivity contribution is -0.132. The van der Waals surface area contributed by atoms with E-state index in [4.69, 9.17) is 0 Å². The van der Waals surface area contributed by atoms with Crippen molar-refractivity contribution in [3.63, 3.8) is 0 Å². The molecule has 0 spiro atoms. The highest BCUT2D eigenvalue weighted by molar-refractivity contribution is 5.99. The SMILES string of the molecule is O=C1NC(CC(=O)N2CCc3c(nc(N4CCCC4)[nH]c3=O)C2)c2ccccc21. The van der Waals surface area contributed by atoms with E-state index in [1.54, 1.807) is 11.0 Å². The molecule has 1 atom stereocenters. The van der Waals surface area contributed by atoms with Crippen molar-refractivity contribution >= 4 is 17.8 Å². The van der Waals surface area contributed by atoms with Crippen LogP contribution in [0.2, 0.25) is 0 Å². The first-order chi connectivity index (χ1) is 14.1. The number of H-pyrrole nitrogens is 1. The number of aromatic amines is 1. The molecule has 2 aromatic rings. The van der Waals surface area contributed by atoms with E-state index >= 15 is 0 Å². The highest BCUT2D eigenvalue weighted by Crippen LogP contribution is 2.29. The van der Waals surface area contributed by atoms with E-state index in [0.29, 0.717) is 42.3 Å². The van der Waals surface area contributed by atoms with Gasteiger partial charge in [-0.15, -0.1) is 0 Å². The van der Waals surface area contributed by atoms with Crippen LogP contribution in [-0.2, 0) is 17.8 Å². The van der Waals surface area contributed by atoms with Crippen molar-refractivity contribution in [2.75, 3.05) is 24.5 Å². The quantitative estimate of drug-likeness (QED) is 0.815. The molecule has 150 valence electrons. The van der Waals surface area contributed by atoms with Crippen LogP contribution in [0.5, 0.6) is 0 Å². The number of hydrogen-bond donors (Lipinski definition) is 2. The minimum Gasteiger partial charge on any atom is -0.345 e. The molecule has 0 saturated carbocycles. The highest BCUT2D eigenvalue weighted by Gasteiger charge is 2.32. The largest absolute Gasteiger partial charge is 0.345 e. The highest BCUT2D eigenvalue weighted by atomic mass is 16.2. The van der Waals surface area contributed by atoms with Crippen molar-refractivity contribution in [2.24, 2.45) is 0 Å². The third kappa shape index (κ3) is 3.18. The van der Waals surface area contributed by atoms with Gasteiger partial charge in [0.05, 0.1) is 24.7 Å². The summed E-state index contributed by atoms with van der Waals surface area (Å²) in [6.45, 7) is 2.61. The van der Waals surface area contributed by atoms with Gasteiger partial charge >= 0.3 is 0 Å². The van der Waals surface area contributed by atoms with Crippen LogP contribution in [0, 0.1) is 0 Å². The molecule has 1 aromatic carbocycles. The average molecular weight is 393 g/mol. The number of aromatic nitrogens is 2. The number of carbonyl (C=O) groups excluding carboxylic acids is 2. The molecular formula is C21H23N5O3. The van der Waals surface area contributed by atoms with Crippen molar-refractivity contribution in [1.29, 1.82) is 0 Å². The van der Waals surface area contributed by atoms with Gasteiger partial charge in [-0.05, 0) is 30.9 Å². The molecule has 8 nitrogen and oxygen atoms in total. The molecule has 1 fully saturated rings. The van der Waals surface area contributed by atoms with Gasteiger partial charge in [0.25, 0.3) is 11.5 Å². The van der Waals surface area contributed by atoms with Gasteiger partial charge in [-0.3, -0.25) is 19.4 Å². The first kappa shape index (κ1) is 17.9. The van der Waals surface area contributed by atoms with E-state index in [2.05, 4.69) is 20.2 Å². The summed E-state index contributed by atoms with van der Waals surface area (Å²) in [6, 6.07) is 7.07. The third-order valence-corrected chi connectivity index (χ3v) is 6.08. The number of nitrogens with zero attached hydrogens (tertiary/aromatic N) is 3. The maximum atomic E-state index is 13.0. The van der Waals surface area contributed by atoms with Gasteiger partial charge in [-0.2, -0.15) is 0 Å². The molecule has 1 aromatic heterocycles. The molecule has 2 amide bonds. The average Bonchev–Trinajstić information content (AvgIpc) is 3.37. The summed E-state index contributed by atoms with van der Waals surface area (Å²) in [5.41, 5.74) is 2.77. The molecule has 0 bridgehead atoms. The number of carbonyl (C=O) groups is 2. The van der Waals surface area contributed by atoms with E-state index in [1.165, 1.54) is 0 Å². The van der Waals surface area contributed by atoms with Gasteiger partial charge in [0.15, 0.2) is 0 Å². The van der Waals surface area contributed by atoms with Crippen LogP contribution in [-0.4, -0.2) is 46.3 Å². The number of hydrogen-bond acceptors (Lipinski definition) is 5. The van der Waals surface area contributed by atoms with Crippen LogP contribution in [0.1, 0.15) is 52.5 Å². The van der Waals surface area contributed by atoms with E-state index in [0.717, 1.165) is 31.5 Å². The predicted molar refractivity (Wildman–Crippen MR) is 107 cm³/mol. The number of amides is 2. The second-order valence-corrected chi connectivity index (χ2v) is 7.89. The number of fused-ring (bicyclic) bond motifs is 2. The number of nitrogens with one attached hydrogen (secondary N) is 2. The maximum Gasteiger partial charge on any atom is 0.255 e. The smallest absolute Gasteiger partial charge is 0.255 e. The molecular weight excluding hydrogens is 370 g/mol. The van der Waals surface area contributed by atoms with E-state index in [9.17, 15) is 14.4 Å². The van der Waals surface area contributed by atoms with Crippen molar-refractivity contribution in [1.82, 2.24) is 20.2 Å². The number of benzene rings is 1. The zero-order chi connectivity index (χ0) is 20.0. The summed E-state index contributed by atoms with van der Waals surface area (Å²) in [4.78, 5) is 49.0. The topological polar surface area (TPSA) is 98.4 Å². The van der Waals surface area contributed by atoms with E-state index in [1.807, 2.05) is 18.2 Å². The van der Waals surface area contributed by atoms with Crippen LogP contribution in [0.15, 0.2) is 29.1 Å². The Labute approximate surface area is 167 Å². The lowest BCUT2D eigenvalue weighted by Gasteiger charge is -2.29. The van der Waals surface area contributed by atoms with Crippen molar-refractivity contribution < 1.29 is 9.59 Å². The first-order valence-electron chi connectivity index (χ1n) is 10.1. The summed E-state index contributed by atoms with van der Waals surface area (Å²) < 4.78 is 0. The number of rotatable bonds is 3. The van der Waals surface area contributed by atoms with Crippen LogP contribution < -0.4 is 15.8 Å². The van der Waals surface area contributed by atoms with Crippen molar-refractivity contribution in [3.05, 3.63) is 57.0 Å². The fourth-order valence-corrected chi connectivity index (χ4v) is 4.50. The number of anilines is 1. The second-order valence-electron chi connectivity index (χ2n) is 7.89. The minimum atomic E-state index is -0.306. The Balaban J connectivity index is 1.33. The van der Waals surface area contributed by atoms with Crippen molar-refractivity contribution in [3.8, 4) is 0 Å². The summed E-state index contributed by atoms with van der Waals surface area (Å²) in [6.07, 6.45) is 2.90. The van der Waals surface area contributed by atoms with Gasteiger partial charge in [0.1, 0.15) is 0 Å². The Morgan fingerprint density at radius 1 is 1.14 bits per heavy atom. The zero-order valence-electron chi connectivity index (χ0n) is 16.1. The van der Waals surface area contributed by atoms with Crippen LogP contribution >= 0.6 is 0 Å². The molecule has 8 heteroatoms. The molecule has 4 heterocycles. The van der Waals surface area contributed by atoms with E-state index < -0.39 is 0 Å². The Bertz CT molecular complexity index is 1040. The molecule has 3 aliphatic rings. The molecule has 3 aliphatic heterocycles. The van der Waals surface area contributed by atoms with Gasteiger partial charge in [0.2, 0.25) is 11.9 Å². The third-order valence-electron chi connectivity index (χ3n) is 6.08. The minimum absolute atomic E-state index is 0.0394. The molecule has 1 unspecified atom stereocenters. The Morgan fingerprint density at radius 3 is 2.76 bits per heavy atom. The Kier molecular flexibility index (Phi) is 4.34. The zero-order valence-corrected chi connectivity index (χ0v) is 16.1. The fourth-order valence-electron chi connectivity index (χ4n) is 4.50. The fraction of sp³-hybridized carbons (Fsp3) is 0.429. The summed E-state index contributed by atoms with van der Waals surface area (Å²) in [7, 11) is 0. The Morgan fingerprint density at radius 2 is 1.93 bits per heavy atom. The summed E-state index contributed by atoms with van der Waals surface area (Å²) in [5.74, 6) is 0.436.